The average Bonchev–Trinajstić information content (AvgIpc) is 2.44. The average molecular weight is 163 g/mol. The lowest BCUT2D eigenvalue weighted by atomic mass is 10.5. The van der Waals surface area contributed by atoms with Crippen LogP contribution in [0.4, 0.5) is 0 Å². The van der Waals surface area contributed by atoms with E-state index in [0.717, 1.165) is 11.5 Å². The predicted molar refractivity (Wildman–Crippen MR) is 44.3 cm³/mol. The Morgan fingerprint density at radius 3 is 3.00 bits per heavy atom. The van der Waals surface area contributed by atoms with Crippen LogP contribution in [0, 0.1) is 6.92 Å². The van der Waals surface area contributed by atoms with Crippen molar-refractivity contribution in [2.75, 3.05) is 7.11 Å². The van der Waals surface area contributed by atoms with Crippen molar-refractivity contribution in [3.8, 4) is 5.88 Å². The van der Waals surface area contributed by atoms with Gasteiger partial charge in [0.2, 0.25) is 5.88 Å². The number of rotatable bonds is 1. The summed E-state index contributed by atoms with van der Waals surface area (Å²) in [6.07, 6.45) is 0. The van der Waals surface area contributed by atoms with Gasteiger partial charge in [-0.2, -0.15) is 4.52 Å². The molecule has 0 unspecified atom stereocenters. The highest BCUT2D eigenvalue weighted by atomic mass is 16.5. The molecule has 0 saturated carbocycles. The summed E-state index contributed by atoms with van der Waals surface area (Å²) in [6, 6.07) is 5.63. The van der Waals surface area contributed by atoms with Gasteiger partial charge in [0.05, 0.1) is 7.11 Å². The molecule has 0 radical (unpaired) electrons. The molecule has 2 aromatic heterocycles. The van der Waals surface area contributed by atoms with Crippen LogP contribution in [0.3, 0.4) is 0 Å². The molecule has 0 bridgehead atoms. The van der Waals surface area contributed by atoms with Gasteiger partial charge in [-0.3, -0.25) is 0 Å². The molecule has 0 aliphatic rings. The molecule has 12 heavy (non-hydrogen) atoms. The maximum atomic E-state index is 5.10. The number of methoxy groups -OCH3 is 1. The van der Waals surface area contributed by atoms with Crippen LogP contribution in [0.2, 0.25) is 0 Å². The van der Waals surface area contributed by atoms with Gasteiger partial charge in [0.1, 0.15) is 5.82 Å². The second-order valence-corrected chi connectivity index (χ2v) is 2.50. The van der Waals surface area contributed by atoms with Gasteiger partial charge in [-0.25, -0.2) is 4.98 Å². The van der Waals surface area contributed by atoms with E-state index >= 15 is 0 Å². The molecule has 0 spiro atoms. The quantitative estimate of drug-likeness (QED) is 0.630. The van der Waals surface area contributed by atoms with Crippen LogP contribution < -0.4 is 4.74 Å². The van der Waals surface area contributed by atoms with E-state index in [1.54, 1.807) is 11.6 Å². The Labute approximate surface area is 69.8 Å². The Morgan fingerprint density at radius 2 is 2.25 bits per heavy atom. The summed E-state index contributed by atoms with van der Waals surface area (Å²) in [5, 5.41) is 4.16. The van der Waals surface area contributed by atoms with Crippen molar-refractivity contribution in [2.24, 2.45) is 0 Å². The van der Waals surface area contributed by atoms with Crippen LogP contribution in [0.15, 0.2) is 18.2 Å². The highest BCUT2D eigenvalue weighted by Crippen LogP contribution is 2.11. The number of aryl methyl sites for hydroxylation is 1. The molecular weight excluding hydrogens is 154 g/mol. The molecule has 0 aliphatic heterocycles. The van der Waals surface area contributed by atoms with Gasteiger partial charge in [0.25, 0.3) is 0 Å². The molecule has 2 heterocycles. The van der Waals surface area contributed by atoms with E-state index in [1.807, 2.05) is 25.1 Å². The number of fused-ring (bicyclic) bond motifs is 1. The van der Waals surface area contributed by atoms with Crippen LogP contribution in [-0.4, -0.2) is 21.7 Å². The second-order valence-electron chi connectivity index (χ2n) is 2.50. The molecule has 2 aromatic rings. The zero-order valence-corrected chi connectivity index (χ0v) is 6.98. The Hall–Kier alpha value is -1.58. The minimum Gasteiger partial charge on any atom is -0.481 e. The van der Waals surface area contributed by atoms with Crippen molar-refractivity contribution in [3.05, 3.63) is 24.0 Å². The molecule has 62 valence electrons. The molecule has 0 saturated heterocycles. The van der Waals surface area contributed by atoms with E-state index in [2.05, 4.69) is 10.1 Å². The van der Waals surface area contributed by atoms with Gasteiger partial charge in [0, 0.05) is 6.07 Å². The number of nitrogens with zero attached hydrogens (tertiary/aromatic N) is 3. The Morgan fingerprint density at radius 1 is 1.42 bits per heavy atom. The van der Waals surface area contributed by atoms with Crippen molar-refractivity contribution in [1.29, 1.82) is 0 Å². The molecule has 4 heteroatoms. The summed E-state index contributed by atoms with van der Waals surface area (Å²) in [4.78, 5) is 4.19. The monoisotopic (exact) mass is 163 g/mol. The van der Waals surface area contributed by atoms with Crippen LogP contribution >= 0.6 is 0 Å². The van der Waals surface area contributed by atoms with Crippen molar-refractivity contribution in [3.63, 3.8) is 0 Å². The normalized spacial score (nSPS) is 10.5. The minimum atomic E-state index is 0.702. The third-order valence-corrected chi connectivity index (χ3v) is 1.64. The molecule has 4 nitrogen and oxygen atoms in total. The summed E-state index contributed by atoms with van der Waals surface area (Å²) in [5.74, 6) is 1.45. The summed E-state index contributed by atoms with van der Waals surface area (Å²) in [7, 11) is 1.62. The third-order valence-electron chi connectivity index (χ3n) is 1.64. The van der Waals surface area contributed by atoms with Crippen LogP contribution in [0.1, 0.15) is 5.82 Å². The van der Waals surface area contributed by atoms with E-state index in [0.29, 0.717) is 5.88 Å². The maximum absolute atomic E-state index is 5.10. The fraction of sp³-hybridized carbons (Fsp3) is 0.250. The lowest BCUT2D eigenvalue weighted by Crippen LogP contribution is -1.94. The van der Waals surface area contributed by atoms with E-state index in [-0.39, 0.29) is 0 Å². The zero-order chi connectivity index (χ0) is 8.55. The van der Waals surface area contributed by atoms with Crippen molar-refractivity contribution >= 4 is 5.65 Å². The minimum absolute atomic E-state index is 0.702. The van der Waals surface area contributed by atoms with Gasteiger partial charge in [0.15, 0.2) is 5.65 Å². The smallest absolute Gasteiger partial charge is 0.216 e. The molecular formula is C8H9N3O. The summed E-state index contributed by atoms with van der Waals surface area (Å²) >= 11 is 0. The molecule has 0 aromatic carbocycles. The SMILES string of the molecule is COc1cccc2nc(C)nn12. The topological polar surface area (TPSA) is 39.4 Å². The number of pyridine rings is 1. The highest BCUT2D eigenvalue weighted by Gasteiger charge is 2.02. The first-order chi connectivity index (χ1) is 5.81. The summed E-state index contributed by atoms with van der Waals surface area (Å²) in [6.45, 7) is 1.85. The Kier molecular flexibility index (Phi) is 1.46. The number of aromatic nitrogens is 3. The fourth-order valence-corrected chi connectivity index (χ4v) is 1.14. The van der Waals surface area contributed by atoms with Crippen molar-refractivity contribution in [1.82, 2.24) is 14.6 Å². The number of hydrogen-bond acceptors (Lipinski definition) is 3. The standard InChI is InChI=1S/C8H9N3O/c1-6-9-7-4-3-5-8(12-2)11(7)10-6/h3-5H,1-2H3. The molecule has 0 aliphatic carbocycles. The van der Waals surface area contributed by atoms with E-state index in [1.165, 1.54) is 0 Å². The first-order valence-electron chi connectivity index (χ1n) is 3.67. The van der Waals surface area contributed by atoms with E-state index < -0.39 is 0 Å². The van der Waals surface area contributed by atoms with Crippen LogP contribution in [0.25, 0.3) is 5.65 Å². The van der Waals surface area contributed by atoms with Gasteiger partial charge in [-0.05, 0) is 13.0 Å². The zero-order valence-electron chi connectivity index (χ0n) is 6.98. The largest absolute Gasteiger partial charge is 0.481 e. The molecule has 0 N–H and O–H groups in total. The first kappa shape index (κ1) is 7.09. The third kappa shape index (κ3) is 0.922. The van der Waals surface area contributed by atoms with Crippen molar-refractivity contribution < 1.29 is 4.74 Å². The summed E-state index contributed by atoms with van der Waals surface area (Å²) in [5.41, 5.74) is 0.812. The molecule has 0 amide bonds. The molecule has 2 rings (SSSR count). The number of ether oxygens (including phenoxy) is 1. The van der Waals surface area contributed by atoms with E-state index in [9.17, 15) is 0 Å². The van der Waals surface area contributed by atoms with Crippen LogP contribution in [0.5, 0.6) is 5.88 Å². The second kappa shape index (κ2) is 2.48. The fourth-order valence-electron chi connectivity index (χ4n) is 1.14. The van der Waals surface area contributed by atoms with Gasteiger partial charge in [-0.15, -0.1) is 5.10 Å². The van der Waals surface area contributed by atoms with Gasteiger partial charge >= 0.3 is 0 Å². The number of hydrogen-bond donors (Lipinski definition) is 0. The highest BCUT2D eigenvalue weighted by molar-refractivity contribution is 5.40. The maximum Gasteiger partial charge on any atom is 0.216 e. The van der Waals surface area contributed by atoms with Crippen LogP contribution in [-0.2, 0) is 0 Å². The molecule has 0 atom stereocenters. The van der Waals surface area contributed by atoms with Gasteiger partial charge < -0.3 is 4.74 Å². The Bertz CT molecular complexity index is 408. The van der Waals surface area contributed by atoms with E-state index in [4.69, 9.17) is 4.74 Å². The van der Waals surface area contributed by atoms with Crippen molar-refractivity contribution in [2.45, 2.75) is 6.92 Å². The first-order valence-corrected chi connectivity index (χ1v) is 3.67. The molecule has 0 fully saturated rings. The lowest BCUT2D eigenvalue weighted by Gasteiger charge is -1.99. The van der Waals surface area contributed by atoms with Gasteiger partial charge in [-0.1, -0.05) is 6.07 Å². The Balaban J connectivity index is 2.78. The summed E-state index contributed by atoms with van der Waals surface area (Å²) < 4.78 is 6.78. The predicted octanol–water partition coefficient (Wildman–Crippen LogP) is 1.05. The lowest BCUT2D eigenvalue weighted by molar-refractivity contribution is 0.385.